The Morgan fingerprint density at radius 3 is 2.62 bits per heavy atom. The lowest BCUT2D eigenvalue weighted by Crippen LogP contribution is -2.46. The first kappa shape index (κ1) is 10.9. The van der Waals surface area contributed by atoms with Crippen LogP contribution < -0.4 is 16.6 Å². The fraction of sp³-hybridized carbons (Fsp3) is 0.667. The lowest BCUT2D eigenvalue weighted by atomic mass is 9.98. The second kappa shape index (κ2) is 3.75. The van der Waals surface area contributed by atoms with Crippen LogP contribution in [0.4, 0.5) is 4.79 Å². The smallest absolute Gasteiger partial charge is 0.323 e. The highest BCUT2D eigenvalue weighted by Crippen LogP contribution is 2.34. The van der Waals surface area contributed by atoms with Gasteiger partial charge >= 0.3 is 6.03 Å². The van der Waals surface area contributed by atoms with E-state index in [-0.39, 0.29) is 12.5 Å². The van der Waals surface area contributed by atoms with Crippen molar-refractivity contribution >= 4 is 17.8 Å². The summed E-state index contributed by atoms with van der Waals surface area (Å²) >= 11 is 0. The molecule has 0 unspecified atom stereocenters. The van der Waals surface area contributed by atoms with Crippen LogP contribution in [0.2, 0.25) is 0 Å². The van der Waals surface area contributed by atoms with Crippen LogP contribution in [0.1, 0.15) is 25.7 Å². The van der Waals surface area contributed by atoms with Crippen molar-refractivity contribution < 1.29 is 14.4 Å². The van der Waals surface area contributed by atoms with Gasteiger partial charge in [-0.2, -0.15) is 0 Å². The minimum atomic E-state index is -0.758. The van der Waals surface area contributed by atoms with Crippen molar-refractivity contribution in [2.45, 2.75) is 31.2 Å². The van der Waals surface area contributed by atoms with Gasteiger partial charge in [-0.25, -0.2) is 10.6 Å². The Morgan fingerprint density at radius 2 is 2.06 bits per heavy atom. The predicted octanol–water partition coefficient (Wildman–Crippen LogP) is -1.16. The molecule has 4 amide bonds. The van der Waals surface area contributed by atoms with Gasteiger partial charge < -0.3 is 5.32 Å². The van der Waals surface area contributed by atoms with E-state index in [2.05, 4.69) is 5.32 Å². The van der Waals surface area contributed by atoms with Crippen molar-refractivity contribution in [2.75, 3.05) is 6.54 Å². The standard InChI is InChI=1S/C9H14N4O3/c10-12-6(14)5-13-7(15)9(11-8(13)16)3-1-2-4-9/h1-5,10H2,(H,11,16)(H,12,14). The van der Waals surface area contributed by atoms with Crippen molar-refractivity contribution in [3.05, 3.63) is 0 Å². The van der Waals surface area contributed by atoms with E-state index in [1.165, 1.54) is 0 Å². The number of rotatable bonds is 2. The maximum absolute atomic E-state index is 12.0. The molecular formula is C9H14N4O3. The number of nitrogens with zero attached hydrogens (tertiary/aromatic N) is 1. The summed E-state index contributed by atoms with van der Waals surface area (Å²) in [7, 11) is 0. The minimum absolute atomic E-state index is 0.307. The molecule has 16 heavy (non-hydrogen) atoms. The van der Waals surface area contributed by atoms with Crippen molar-refractivity contribution in [3.63, 3.8) is 0 Å². The van der Waals surface area contributed by atoms with Crippen LogP contribution in [0.3, 0.4) is 0 Å². The Kier molecular flexibility index (Phi) is 2.55. The monoisotopic (exact) mass is 226 g/mol. The van der Waals surface area contributed by atoms with Gasteiger partial charge in [0, 0.05) is 0 Å². The number of hydrogen-bond acceptors (Lipinski definition) is 4. The quantitative estimate of drug-likeness (QED) is 0.239. The van der Waals surface area contributed by atoms with Crippen LogP contribution in [0.5, 0.6) is 0 Å². The van der Waals surface area contributed by atoms with Crippen LogP contribution in [0, 0.1) is 0 Å². The summed E-state index contributed by atoms with van der Waals surface area (Å²) in [5, 5.41) is 2.68. The highest BCUT2D eigenvalue weighted by Gasteiger charge is 2.52. The molecule has 2 rings (SSSR count). The first-order chi connectivity index (χ1) is 7.59. The molecule has 0 aromatic heterocycles. The molecule has 1 spiro atoms. The summed E-state index contributed by atoms with van der Waals surface area (Å²) in [6.07, 6.45) is 3.14. The third kappa shape index (κ3) is 1.53. The van der Waals surface area contributed by atoms with Crippen molar-refractivity contribution in [1.29, 1.82) is 0 Å². The Hall–Kier alpha value is -1.63. The highest BCUT2D eigenvalue weighted by atomic mass is 16.2. The van der Waals surface area contributed by atoms with Gasteiger partial charge in [-0.05, 0) is 12.8 Å². The normalized spacial score (nSPS) is 22.7. The lowest BCUT2D eigenvalue weighted by Gasteiger charge is -2.19. The van der Waals surface area contributed by atoms with Gasteiger partial charge in [0.05, 0.1) is 0 Å². The minimum Gasteiger partial charge on any atom is -0.323 e. The number of carbonyl (C=O) groups excluding carboxylic acids is 3. The van der Waals surface area contributed by atoms with E-state index in [0.717, 1.165) is 17.7 Å². The fourth-order valence-electron chi connectivity index (χ4n) is 2.33. The first-order valence-corrected chi connectivity index (χ1v) is 5.23. The summed E-state index contributed by atoms with van der Waals surface area (Å²) in [6.45, 7) is -0.317. The Balaban J connectivity index is 2.13. The maximum atomic E-state index is 12.0. The second-order valence-electron chi connectivity index (χ2n) is 4.18. The Morgan fingerprint density at radius 1 is 1.44 bits per heavy atom. The highest BCUT2D eigenvalue weighted by molar-refractivity contribution is 6.09. The lowest BCUT2D eigenvalue weighted by molar-refractivity contribution is -0.134. The zero-order valence-electron chi connectivity index (χ0n) is 8.78. The van der Waals surface area contributed by atoms with Gasteiger partial charge in [-0.15, -0.1) is 0 Å². The molecule has 1 saturated carbocycles. The summed E-state index contributed by atoms with van der Waals surface area (Å²) in [5.74, 6) is 4.05. The van der Waals surface area contributed by atoms with Gasteiger partial charge in [0.2, 0.25) is 0 Å². The van der Waals surface area contributed by atoms with E-state index in [9.17, 15) is 14.4 Å². The van der Waals surface area contributed by atoms with Gasteiger partial charge in [0.1, 0.15) is 12.1 Å². The SMILES string of the molecule is NNC(=O)CN1C(=O)NC2(CCCC2)C1=O. The molecule has 7 heteroatoms. The van der Waals surface area contributed by atoms with E-state index in [0.29, 0.717) is 12.8 Å². The zero-order chi connectivity index (χ0) is 11.8. The molecule has 1 aliphatic heterocycles. The van der Waals surface area contributed by atoms with E-state index in [1.807, 2.05) is 5.43 Å². The van der Waals surface area contributed by atoms with E-state index in [1.54, 1.807) is 0 Å². The zero-order valence-corrected chi connectivity index (χ0v) is 8.78. The molecule has 0 bridgehead atoms. The topological polar surface area (TPSA) is 105 Å². The molecule has 0 atom stereocenters. The molecule has 2 fully saturated rings. The van der Waals surface area contributed by atoms with Crippen LogP contribution in [0.25, 0.3) is 0 Å². The van der Waals surface area contributed by atoms with Gasteiger partial charge in [-0.1, -0.05) is 12.8 Å². The second-order valence-corrected chi connectivity index (χ2v) is 4.18. The number of imide groups is 1. The van der Waals surface area contributed by atoms with Gasteiger partial charge in [-0.3, -0.25) is 19.9 Å². The number of hydrazine groups is 1. The molecule has 1 heterocycles. The molecular weight excluding hydrogens is 212 g/mol. The Bertz CT molecular complexity index is 349. The largest absolute Gasteiger partial charge is 0.325 e. The molecule has 4 N–H and O–H groups in total. The van der Waals surface area contributed by atoms with E-state index in [4.69, 9.17) is 5.84 Å². The summed E-state index contributed by atoms with van der Waals surface area (Å²) in [5.41, 5.74) is 1.14. The maximum Gasteiger partial charge on any atom is 0.325 e. The fourth-order valence-corrected chi connectivity index (χ4v) is 2.33. The number of hydrogen-bond donors (Lipinski definition) is 3. The molecule has 1 aliphatic carbocycles. The van der Waals surface area contributed by atoms with Gasteiger partial charge in [0.25, 0.3) is 11.8 Å². The number of carbonyl (C=O) groups is 3. The molecule has 7 nitrogen and oxygen atoms in total. The number of urea groups is 1. The van der Waals surface area contributed by atoms with Crippen LogP contribution in [-0.2, 0) is 9.59 Å². The molecule has 0 aromatic rings. The first-order valence-electron chi connectivity index (χ1n) is 5.23. The van der Waals surface area contributed by atoms with Gasteiger partial charge in [0.15, 0.2) is 0 Å². The third-order valence-corrected chi connectivity index (χ3v) is 3.17. The average Bonchev–Trinajstić information content (AvgIpc) is 2.81. The molecule has 1 saturated heterocycles. The van der Waals surface area contributed by atoms with Crippen molar-refractivity contribution in [1.82, 2.24) is 15.6 Å². The molecule has 0 aromatic carbocycles. The third-order valence-electron chi connectivity index (χ3n) is 3.17. The van der Waals surface area contributed by atoms with Crippen LogP contribution in [0.15, 0.2) is 0 Å². The number of amides is 4. The van der Waals surface area contributed by atoms with Crippen molar-refractivity contribution in [3.8, 4) is 0 Å². The van der Waals surface area contributed by atoms with Crippen LogP contribution in [-0.4, -0.2) is 34.8 Å². The van der Waals surface area contributed by atoms with Crippen LogP contribution >= 0.6 is 0 Å². The number of nitrogens with two attached hydrogens (primary N) is 1. The summed E-state index contributed by atoms with van der Waals surface area (Å²) in [6, 6.07) is -0.504. The average molecular weight is 226 g/mol. The number of nitrogens with one attached hydrogen (secondary N) is 2. The Labute approximate surface area is 92.3 Å². The summed E-state index contributed by atoms with van der Waals surface area (Å²) in [4.78, 5) is 35.6. The van der Waals surface area contributed by atoms with E-state index >= 15 is 0 Å². The molecule has 88 valence electrons. The van der Waals surface area contributed by atoms with E-state index < -0.39 is 17.5 Å². The molecule has 2 aliphatic rings. The molecule has 0 radical (unpaired) electrons. The predicted molar refractivity (Wildman–Crippen MR) is 53.8 cm³/mol. The summed E-state index contributed by atoms with van der Waals surface area (Å²) < 4.78 is 0. The van der Waals surface area contributed by atoms with Crippen molar-refractivity contribution in [2.24, 2.45) is 5.84 Å².